The molecule has 0 aliphatic heterocycles. The zero-order valence-corrected chi connectivity index (χ0v) is 22.8. The summed E-state index contributed by atoms with van der Waals surface area (Å²) in [5, 5.41) is 2.89. The lowest BCUT2D eigenvalue weighted by Crippen LogP contribution is -2.54. The third-order valence-electron chi connectivity index (χ3n) is 5.41. The molecule has 0 fully saturated rings. The van der Waals surface area contributed by atoms with Crippen LogP contribution in [0.15, 0.2) is 53.0 Å². The Morgan fingerprint density at radius 3 is 2.26 bits per heavy atom. The second-order valence-electron chi connectivity index (χ2n) is 8.61. The normalized spacial score (nSPS) is 12.3. The number of carbonyl (C=O) groups excluding carboxylic acids is 2. The molecule has 0 saturated carbocycles. The molecule has 0 radical (unpaired) electrons. The van der Waals surface area contributed by atoms with Gasteiger partial charge in [-0.1, -0.05) is 53.2 Å². The van der Waals surface area contributed by atoms with Gasteiger partial charge in [0.15, 0.2) is 0 Å². The van der Waals surface area contributed by atoms with E-state index >= 15 is 0 Å². The Bertz CT molecular complexity index is 1090. The monoisotopic (exact) mass is 551 g/mol. The van der Waals surface area contributed by atoms with Crippen molar-refractivity contribution in [2.75, 3.05) is 23.7 Å². The molecular formula is C25H34BrN3O4S. The molecule has 0 aromatic heterocycles. The summed E-state index contributed by atoms with van der Waals surface area (Å²) in [5.74, 6) is -0.669. The molecule has 0 heterocycles. The number of sulfonamides is 1. The van der Waals surface area contributed by atoms with E-state index in [9.17, 15) is 18.0 Å². The molecule has 0 aliphatic carbocycles. The summed E-state index contributed by atoms with van der Waals surface area (Å²) >= 11 is 3.42. The first-order valence-corrected chi connectivity index (χ1v) is 14.0. The maximum absolute atomic E-state index is 13.6. The van der Waals surface area contributed by atoms with E-state index in [4.69, 9.17) is 0 Å². The highest BCUT2D eigenvalue weighted by molar-refractivity contribution is 9.10. The minimum atomic E-state index is -3.74. The summed E-state index contributed by atoms with van der Waals surface area (Å²) in [7, 11) is -3.74. The molecule has 186 valence electrons. The van der Waals surface area contributed by atoms with E-state index in [1.165, 1.54) is 4.90 Å². The van der Waals surface area contributed by atoms with Crippen LogP contribution in [0.5, 0.6) is 0 Å². The van der Waals surface area contributed by atoms with Crippen LogP contribution in [-0.4, -0.2) is 56.6 Å². The van der Waals surface area contributed by atoms with Crippen LogP contribution >= 0.6 is 15.9 Å². The van der Waals surface area contributed by atoms with Crippen molar-refractivity contribution >= 4 is 43.5 Å². The van der Waals surface area contributed by atoms with Crippen LogP contribution in [0.1, 0.15) is 38.3 Å². The zero-order chi connectivity index (χ0) is 25.5. The fraction of sp³-hybridized carbons (Fsp3) is 0.440. The number of aryl methyl sites for hydroxylation is 1. The predicted octanol–water partition coefficient (Wildman–Crippen LogP) is 3.90. The number of carbonyl (C=O) groups is 2. The number of halogens is 1. The van der Waals surface area contributed by atoms with Crippen molar-refractivity contribution in [3.8, 4) is 0 Å². The van der Waals surface area contributed by atoms with Gasteiger partial charge < -0.3 is 10.2 Å². The quantitative estimate of drug-likeness (QED) is 0.458. The lowest BCUT2D eigenvalue weighted by Gasteiger charge is -2.33. The van der Waals surface area contributed by atoms with Crippen LogP contribution in [0.2, 0.25) is 0 Å². The van der Waals surface area contributed by atoms with Gasteiger partial charge in [0.2, 0.25) is 21.8 Å². The Morgan fingerprint density at radius 2 is 1.74 bits per heavy atom. The molecule has 0 spiro atoms. The summed E-state index contributed by atoms with van der Waals surface area (Å²) in [6, 6.07) is 14.0. The zero-order valence-electron chi connectivity index (χ0n) is 20.4. The molecule has 34 heavy (non-hydrogen) atoms. The van der Waals surface area contributed by atoms with E-state index in [1.54, 1.807) is 18.2 Å². The Kier molecular flexibility index (Phi) is 10.1. The second kappa shape index (κ2) is 12.4. The van der Waals surface area contributed by atoms with Crippen molar-refractivity contribution in [2.45, 2.75) is 52.6 Å². The van der Waals surface area contributed by atoms with Gasteiger partial charge in [-0.15, -0.1) is 0 Å². The molecule has 2 rings (SSSR count). The Labute approximate surface area is 211 Å². The Balaban J connectivity index is 2.38. The average Bonchev–Trinajstić information content (AvgIpc) is 2.76. The fourth-order valence-electron chi connectivity index (χ4n) is 3.67. The Hall–Kier alpha value is -2.39. The summed E-state index contributed by atoms with van der Waals surface area (Å²) in [4.78, 5) is 28.0. The number of benzene rings is 2. The van der Waals surface area contributed by atoms with Crippen molar-refractivity contribution in [3.63, 3.8) is 0 Å². The van der Waals surface area contributed by atoms with Crippen LogP contribution in [0.25, 0.3) is 0 Å². The van der Waals surface area contributed by atoms with Gasteiger partial charge >= 0.3 is 0 Å². The number of anilines is 1. The maximum Gasteiger partial charge on any atom is 0.244 e. The second-order valence-corrected chi connectivity index (χ2v) is 11.4. The molecule has 2 aromatic rings. The van der Waals surface area contributed by atoms with Crippen LogP contribution in [0.4, 0.5) is 5.69 Å². The molecule has 9 heteroatoms. The van der Waals surface area contributed by atoms with E-state index in [1.807, 2.05) is 58.0 Å². The van der Waals surface area contributed by atoms with Gasteiger partial charge in [-0.05, 0) is 62.9 Å². The SMILES string of the molecule is CCC(C(=O)NC(C)C)N(CCc1ccccc1)C(=O)CN(c1ccc(Br)c(C)c1)S(C)(=O)=O. The number of amides is 2. The van der Waals surface area contributed by atoms with E-state index in [2.05, 4.69) is 21.2 Å². The third kappa shape index (κ3) is 7.84. The van der Waals surface area contributed by atoms with Crippen molar-refractivity contribution in [1.82, 2.24) is 10.2 Å². The minimum absolute atomic E-state index is 0.0779. The highest BCUT2D eigenvalue weighted by Gasteiger charge is 2.31. The number of hydrogen-bond acceptors (Lipinski definition) is 4. The van der Waals surface area contributed by atoms with Gasteiger partial charge in [-0.3, -0.25) is 13.9 Å². The Morgan fingerprint density at radius 1 is 1.09 bits per heavy atom. The standard InChI is InChI=1S/C25H34BrN3O4S/c1-6-23(25(31)27-18(2)3)28(15-14-20-10-8-7-9-11-20)24(30)17-29(34(5,32)33)21-12-13-22(26)19(4)16-21/h7-13,16,18,23H,6,14-15,17H2,1-5H3,(H,27,31). The smallest absolute Gasteiger partial charge is 0.244 e. The molecule has 0 bridgehead atoms. The number of rotatable bonds is 11. The van der Waals surface area contributed by atoms with Gasteiger partial charge in [0, 0.05) is 17.1 Å². The molecule has 1 atom stereocenters. The van der Waals surface area contributed by atoms with Crippen LogP contribution < -0.4 is 9.62 Å². The maximum atomic E-state index is 13.6. The fourth-order valence-corrected chi connectivity index (χ4v) is 4.76. The first-order chi connectivity index (χ1) is 15.9. The molecular weight excluding hydrogens is 518 g/mol. The summed E-state index contributed by atoms with van der Waals surface area (Å²) in [6.45, 7) is 7.33. The topological polar surface area (TPSA) is 86.8 Å². The van der Waals surface area contributed by atoms with Gasteiger partial charge in [0.25, 0.3) is 0 Å². The first-order valence-electron chi connectivity index (χ1n) is 11.3. The van der Waals surface area contributed by atoms with E-state index in [0.29, 0.717) is 25.1 Å². The molecule has 2 amide bonds. The van der Waals surface area contributed by atoms with Crippen LogP contribution in [0.3, 0.4) is 0 Å². The van der Waals surface area contributed by atoms with Crippen LogP contribution in [0, 0.1) is 6.92 Å². The number of nitrogens with zero attached hydrogens (tertiary/aromatic N) is 2. The van der Waals surface area contributed by atoms with Crippen molar-refractivity contribution < 1.29 is 18.0 Å². The highest BCUT2D eigenvalue weighted by Crippen LogP contribution is 2.25. The van der Waals surface area contributed by atoms with Crippen molar-refractivity contribution in [3.05, 3.63) is 64.1 Å². The van der Waals surface area contributed by atoms with E-state index < -0.39 is 22.0 Å². The summed E-state index contributed by atoms with van der Waals surface area (Å²) < 4.78 is 27.2. The number of hydrogen-bond donors (Lipinski definition) is 1. The van der Waals surface area contributed by atoms with Gasteiger partial charge in [-0.2, -0.15) is 0 Å². The highest BCUT2D eigenvalue weighted by atomic mass is 79.9. The van der Waals surface area contributed by atoms with E-state index in [-0.39, 0.29) is 18.5 Å². The molecule has 7 nitrogen and oxygen atoms in total. The van der Waals surface area contributed by atoms with Gasteiger partial charge in [-0.25, -0.2) is 8.42 Å². The molecule has 0 saturated heterocycles. The summed E-state index contributed by atoms with van der Waals surface area (Å²) in [6.07, 6.45) is 2.04. The molecule has 2 aromatic carbocycles. The van der Waals surface area contributed by atoms with Crippen LogP contribution in [-0.2, 0) is 26.0 Å². The lowest BCUT2D eigenvalue weighted by atomic mass is 10.1. The van der Waals surface area contributed by atoms with Gasteiger partial charge in [0.05, 0.1) is 11.9 Å². The minimum Gasteiger partial charge on any atom is -0.352 e. The lowest BCUT2D eigenvalue weighted by molar-refractivity contribution is -0.139. The largest absolute Gasteiger partial charge is 0.352 e. The molecule has 0 aliphatic rings. The number of nitrogens with one attached hydrogen (secondary N) is 1. The van der Waals surface area contributed by atoms with Gasteiger partial charge in [0.1, 0.15) is 12.6 Å². The van der Waals surface area contributed by atoms with Crippen molar-refractivity contribution in [1.29, 1.82) is 0 Å². The van der Waals surface area contributed by atoms with Crippen molar-refractivity contribution in [2.24, 2.45) is 0 Å². The van der Waals surface area contributed by atoms with E-state index in [0.717, 1.165) is 26.2 Å². The summed E-state index contributed by atoms with van der Waals surface area (Å²) in [5.41, 5.74) is 2.28. The predicted molar refractivity (Wildman–Crippen MR) is 140 cm³/mol. The third-order valence-corrected chi connectivity index (χ3v) is 7.44. The molecule has 1 unspecified atom stereocenters. The molecule has 1 N–H and O–H groups in total. The average molecular weight is 553 g/mol. The first kappa shape index (κ1) is 27.9.